The third-order valence-corrected chi connectivity index (χ3v) is 6.47. The fourth-order valence-corrected chi connectivity index (χ4v) is 5.03. The van der Waals surface area contributed by atoms with Gasteiger partial charge >= 0.3 is 11.9 Å². The topological polar surface area (TPSA) is 69.7 Å². The van der Waals surface area contributed by atoms with Crippen LogP contribution < -0.4 is 0 Å². The number of allylic oxidation sites excluding steroid dienone is 1. The maximum atomic E-state index is 12.6. The summed E-state index contributed by atoms with van der Waals surface area (Å²) in [6.45, 7) is 5.65. The van der Waals surface area contributed by atoms with Crippen LogP contribution in [-0.4, -0.2) is 29.9 Å². The highest BCUT2D eigenvalue weighted by molar-refractivity contribution is 6.09. The highest BCUT2D eigenvalue weighted by Crippen LogP contribution is 2.48. The minimum absolute atomic E-state index is 0.0181. The van der Waals surface area contributed by atoms with Crippen LogP contribution in [0.1, 0.15) is 39.2 Å². The lowest BCUT2D eigenvalue weighted by atomic mass is 9.79. The van der Waals surface area contributed by atoms with Crippen molar-refractivity contribution in [1.82, 2.24) is 0 Å². The molecular weight excluding hydrogens is 368 g/mol. The average Bonchev–Trinajstić information content (AvgIpc) is 3.10. The summed E-state index contributed by atoms with van der Waals surface area (Å²) in [4.78, 5) is 37.5. The molecule has 1 unspecified atom stereocenters. The molecule has 4 rings (SSSR count). The van der Waals surface area contributed by atoms with E-state index in [1.165, 1.54) is 0 Å². The van der Waals surface area contributed by atoms with Crippen LogP contribution in [0, 0.1) is 17.8 Å². The Kier molecular flexibility index (Phi) is 5.15. The number of fused-ring (bicyclic) bond motifs is 3. The second-order valence-corrected chi connectivity index (χ2v) is 8.41. The number of ketones is 1. The van der Waals surface area contributed by atoms with Crippen molar-refractivity contribution in [3.8, 4) is 0 Å². The first-order valence-electron chi connectivity index (χ1n) is 10.2. The number of hydrogen-bond donors (Lipinski definition) is 0. The predicted octanol–water partition coefficient (Wildman–Crippen LogP) is 3.57. The minimum atomic E-state index is -0.469. The maximum Gasteiger partial charge on any atom is 0.309 e. The molecule has 29 heavy (non-hydrogen) atoms. The van der Waals surface area contributed by atoms with Crippen LogP contribution in [0.25, 0.3) is 0 Å². The van der Waals surface area contributed by atoms with Crippen LogP contribution in [0.5, 0.6) is 0 Å². The Bertz CT molecular complexity index is 910. The fraction of sp³-hybridized carbons (Fsp3) is 0.458. The second kappa shape index (κ2) is 7.62. The smallest absolute Gasteiger partial charge is 0.309 e. The molecule has 0 radical (unpaired) electrons. The van der Waals surface area contributed by atoms with Gasteiger partial charge in [0.05, 0.1) is 5.92 Å². The summed E-state index contributed by atoms with van der Waals surface area (Å²) < 4.78 is 11.6. The maximum absolute atomic E-state index is 12.6. The van der Waals surface area contributed by atoms with E-state index in [0.29, 0.717) is 18.4 Å². The normalized spacial score (nSPS) is 31.0. The van der Waals surface area contributed by atoms with E-state index < -0.39 is 12.2 Å². The van der Waals surface area contributed by atoms with Crippen molar-refractivity contribution in [2.45, 2.75) is 52.2 Å². The van der Waals surface area contributed by atoms with E-state index in [2.05, 4.69) is 0 Å². The van der Waals surface area contributed by atoms with E-state index in [1.54, 1.807) is 6.08 Å². The van der Waals surface area contributed by atoms with E-state index in [0.717, 1.165) is 16.7 Å². The minimum Gasteiger partial charge on any atom is -0.462 e. The molecule has 1 heterocycles. The quantitative estimate of drug-likeness (QED) is 0.730. The monoisotopic (exact) mass is 394 g/mol. The summed E-state index contributed by atoms with van der Waals surface area (Å²) in [7, 11) is 0. The van der Waals surface area contributed by atoms with Crippen molar-refractivity contribution in [2.24, 2.45) is 17.8 Å². The first-order valence-corrected chi connectivity index (χ1v) is 10.2. The molecule has 1 aromatic carbocycles. The average molecular weight is 394 g/mol. The Morgan fingerprint density at radius 3 is 2.62 bits per heavy atom. The van der Waals surface area contributed by atoms with Gasteiger partial charge in [-0.3, -0.25) is 14.4 Å². The molecule has 5 atom stereocenters. The number of hydrogen-bond acceptors (Lipinski definition) is 5. The van der Waals surface area contributed by atoms with Crippen molar-refractivity contribution in [1.29, 1.82) is 0 Å². The molecule has 5 heteroatoms. The van der Waals surface area contributed by atoms with Gasteiger partial charge in [0.1, 0.15) is 12.2 Å². The van der Waals surface area contributed by atoms with E-state index in [9.17, 15) is 14.4 Å². The van der Waals surface area contributed by atoms with Gasteiger partial charge in [0.15, 0.2) is 5.78 Å². The van der Waals surface area contributed by atoms with Gasteiger partial charge in [0, 0.05) is 30.3 Å². The SMILES string of the molecule is CC1=CC(=O)C2=C(C)CC(OC(=O)CCc3ccccc3)[C@@H]3[C@H](OC(=O)[C@@H]3C)[C@@H]12. The zero-order chi connectivity index (χ0) is 20.7. The van der Waals surface area contributed by atoms with Crippen LogP contribution in [0.2, 0.25) is 0 Å². The van der Waals surface area contributed by atoms with Gasteiger partial charge in [-0.15, -0.1) is 0 Å². The molecular formula is C24H26O5. The van der Waals surface area contributed by atoms with Gasteiger partial charge < -0.3 is 9.47 Å². The Labute approximate surface area is 170 Å². The van der Waals surface area contributed by atoms with Gasteiger partial charge in [-0.05, 0) is 31.9 Å². The highest BCUT2D eigenvalue weighted by atomic mass is 16.6. The largest absolute Gasteiger partial charge is 0.462 e. The first-order chi connectivity index (χ1) is 13.9. The summed E-state index contributed by atoms with van der Waals surface area (Å²) in [5.74, 6) is -1.44. The molecule has 0 amide bonds. The van der Waals surface area contributed by atoms with Gasteiger partial charge in [0.2, 0.25) is 0 Å². The molecule has 2 aliphatic carbocycles. The molecule has 152 valence electrons. The number of carbonyl (C=O) groups is 3. The van der Waals surface area contributed by atoms with Gasteiger partial charge in [-0.25, -0.2) is 0 Å². The zero-order valence-electron chi connectivity index (χ0n) is 17.0. The summed E-state index contributed by atoms with van der Waals surface area (Å²) >= 11 is 0. The zero-order valence-corrected chi connectivity index (χ0v) is 17.0. The van der Waals surface area contributed by atoms with Gasteiger partial charge in [-0.1, -0.05) is 48.4 Å². The van der Waals surface area contributed by atoms with E-state index in [-0.39, 0.29) is 41.9 Å². The number of benzene rings is 1. The molecule has 5 nitrogen and oxygen atoms in total. The molecule has 0 saturated carbocycles. The molecule has 3 aliphatic rings. The number of rotatable bonds is 4. The van der Waals surface area contributed by atoms with E-state index in [4.69, 9.17) is 9.47 Å². The summed E-state index contributed by atoms with van der Waals surface area (Å²) in [6.07, 6.45) is 2.05. The van der Waals surface area contributed by atoms with Crippen LogP contribution in [0.15, 0.2) is 53.1 Å². The fourth-order valence-electron chi connectivity index (χ4n) is 5.03. The molecule has 1 aliphatic heterocycles. The van der Waals surface area contributed by atoms with Crippen LogP contribution >= 0.6 is 0 Å². The molecule has 1 fully saturated rings. The molecule has 0 aromatic heterocycles. The third kappa shape index (κ3) is 3.54. The number of esters is 2. The summed E-state index contributed by atoms with van der Waals surface area (Å²) in [5.41, 5.74) is 3.63. The van der Waals surface area contributed by atoms with Crippen LogP contribution in [-0.2, 0) is 30.3 Å². The van der Waals surface area contributed by atoms with Crippen LogP contribution in [0.4, 0.5) is 0 Å². The first kappa shape index (κ1) is 19.6. The Morgan fingerprint density at radius 1 is 1.17 bits per heavy atom. The molecule has 1 aromatic rings. The molecule has 1 saturated heterocycles. The summed E-state index contributed by atoms with van der Waals surface area (Å²) in [6, 6.07) is 9.80. The van der Waals surface area contributed by atoms with Crippen molar-refractivity contribution in [3.05, 3.63) is 58.7 Å². The highest BCUT2D eigenvalue weighted by Gasteiger charge is 2.55. The Hall–Kier alpha value is -2.69. The predicted molar refractivity (Wildman–Crippen MR) is 107 cm³/mol. The van der Waals surface area contributed by atoms with E-state index >= 15 is 0 Å². The number of carbonyl (C=O) groups excluding carboxylic acids is 3. The molecule has 0 N–H and O–H groups in total. The van der Waals surface area contributed by atoms with Gasteiger partial charge in [0.25, 0.3) is 0 Å². The standard InChI is InChI=1S/C24H26O5/c1-13-11-17(25)20-14(2)12-18(22-15(3)24(27)29-23(22)21(13)20)28-19(26)10-9-16-7-5-4-6-8-16/h4-8,11,15,18,21-23H,9-10,12H2,1-3H3/t15-,18?,21+,22-,23-/m1/s1. The molecule has 0 bridgehead atoms. The van der Waals surface area contributed by atoms with Crippen molar-refractivity contribution in [3.63, 3.8) is 0 Å². The number of ether oxygens (including phenoxy) is 2. The Morgan fingerprint density at radius 2 is 1.90 bits per heavy atom. The van der Waals surface area contributed by atoms with Gasteiger partial charge in [-0.2, -0.15) is 0 Å². The lowest BCUT2D eigenvalue weighted by Crippen LogP contribution is -2.38. The van der Waals surface area contributed by atoms with Crippen molar-refractivity contribution in [2.75, 3.05) is 0 Å². The van der Waals surface area contributed by atoms with Crippen molar-refractivity contribution >= 4 is 17.7 Å². The number of aryl methyl sites for hydroxylation is 1. The van der Waals surface area contributed by atoms with Crippen molar-refractivity contribution < 1.29 is 23.9 Å². The summed E-state index contributed by atoms with van der Waals surface area (Å²) in [5, 5.41) is 0. The lowest BCUT2D eigenvalue weighted by molar-refractivity contribution is -0.153. The second-order valence-electron chi connectivity index (χ2n) is 8.41. The lowest BCUT2D eigenvalue weighted by Gasteiger charge is -2.29. The molecule has 0 spiro atoms. The third-order valence-electron chi connectivity index (χ3n) is 6.47. The Balaban J connectivity index is 1.56. The van der Waals surface area contributed by atoms with Crippen LogP contribution in [0.3, 0.4) is 0 Å². The van der Waals surface area contributed by atoms with E-state index in [1.807, 2.05) is 51.1 Å².